The second-order valence-electron chi connectivity index (χ2n) is 7.22. The summed E-state index contributed by atoms with van der Waals surface area (Å²) in [6, 6.07) is 22.3. The Bertz CT molecular complexity index is 1370. The molecule has 2 aromatic heterocycles. The molecule has 0 spiro atoms. The summed E-state index contributed by atoms with van der Waals surface area (Å²) in [5.41, 5.74) is 5.57. The number of halogens is 1. The van der Waals surface area contributed by atoms with Crippen molar-refractivity contribution in [2.75, 3.05) is 0 Å². The third-order valence-electron chi connectivity index (χ3n) is 5.19. The van der Waals surface area contributed by atoms with Crippen LogP contribution in [0.2, 0.25) is 5.02 Å². The first-order chi connectivity index (χ1) is 14.5. The Balaban J connectivity index is 1.88. The number of aromatic amines is 1. The number of rotatable bonds is 3. The standard InChI is InChI=1S/C24H18ClN3O2/c1-14-5-7-15(8-6-14)21-20-22(27-26-21)24(30)28(18-11-9-17(25)10-12-18)23(20)16-3-2-4-19(29)13-16/h2-13,27,29-30H,1H3. The van der Waals surface area contributed by atoms with Gasteiger partial charge in [-0.15, -0.1) is 0 Å². The van der Waals surface area contributed by atoms with E-state index in [0.717, 1.165) is 39.2 Å². The number of phenols is 1. The highest BCUT2D eigenvalue weighted by atomic mass is 35.5. The largest absolute Gasteiger partial charge is 0.508 e. The van der Waals surface area contributed by atoms with Crippen molar-refractivity contribution in [3.63, 3.8) is 0 Å². The van der Waals surface area contributed by atoms with E-state index in [1.54, 1.807) is 34.9 Å². The van der Waals surface area contributed by atoms with E-state index in [-0.39, 0.29) is 11.6 Å². The van der Waals surface area contributed by atoms with Crippen LogP contribution >= 0.6 is 11.6 Å². The van der Waals surface area contributed by atoms with E-state index in [4.69, 9.17) is 11.6 Å². The third kappa shape index (κ3) is 2.91. The molecule has 0 aliphatic rings. The SMILES string of the molecule is Cc1ccc(-c2n[nH]c3c(O)n(-c4ccc(Cl)cc4)c(-c4cccc(O)c4)c23)cc1. The maximum atomic E-state index is 11.1. The zero-order valence-electron chi connectivity index (χ0n) is 16.1. The summed E-state index contributed by atoms with van der Waals surface area (Å²) in [5.74, 6) is 0.181. The summed E-state index contributed by atoms with van der Waals surface area (Å²) in [6.07, 6.45) is 0. The Hall–Kier alpha value is -3.70. The first-order valence-corrected chi connectivity index (χ1v) is 9.85. The number of nitrogens with one attached hydrogen (secondary N) is 1. The van der Waals surface area contributed by atoms with Crippen molar-refractivity contribution >= 4 is 22.5 Å². The van der Waals surface area contributed by atoms with Gasteiger partial charge in [0.1, 0.15) is 17.0 Å². The quantitative estimate of drug-likeness (QED) is 0.335. The highest BCUT2D eigenvalue weighted by molar-refractivity contribution is 6.30. The van der Waals surface area contributed by atoms with Gasteiger partial charge in [-0.3, -0.25) is 9.67 Å². The van der Waals surface area contributed by atoms with Crippen LogP contribution < -0.4 is 0 Å². The zero-order chi connectivity index (χ0) is 20.8. The van der Waals surface area contributed by atoms with Gasteiger partial charge >= 0.3 is 0 Å². The van der Waals surface area contributed by atoms with E-state index >= 15 is 0 Å². The third-order valence-corrected chi connectivity index (χ3v) is 5.44. The van der Waals surface area contributed by atoms with Crippen molar-refractivity contribution in [2.24, 2.45) is 0 Å². The number of hydrogen-bond acceptors (Lipinski definition) is 3. The van der Waals surface area contributed by atoms with Gasteiger partial charge in [0.15, 0.2) is 0 Å². The minimum atomic E-state index is 0.0385. The second kappa shape index (κ2) is 6.97. The van der Waals surface area contributed by atoms with Crippen LogP contribution in [0.4, 0.5) is 0 Å². The Morgan fingerprint density at radius 2 is 1.63 bits per heavy atom. The van der Waals surface area contributed by atoms with E-state index < -0.39 is 0 Å². The molecule has 0 aliphatic heterocycles. The van der Waals surface area contributed by atoms with Crippen molar-refractivity contribution < 1.29 is 10.2 Å². The molecule has 5 rings (SSSR count). The molecule has 30 heavy (non-hydrogen) atoms. The molecule has 0 unspecified atom stereocenters. The number of aromatic nitrogens is 3. The topological polar surface area (TPSA) is 74.1 Å². The number of phenolic OH excluding ortho intramolecular Hbond substituents is 1. The van der Waals surface area contributed by atoms with Crippen molar-refractivity contribution in [2.45, 2.75) is 6.92 Å². The predicted molar refractivity (Wildman–Crippen MR) is 119 cm³/mol. The molecule has 5 aromatic rings. The molecule has 0 atom stereocenters. The summed E-state index contributed by atoms with van der Waals surface area (Å²) in [6.45, 7) is 2.03. The molecule has 0 fully saturated rings. The summed E-state index contributed by atoms with van der Waals surface area (Å²) in [5, 5.41) is 30.1. The van der Waals surface area contributed by atoms with Gasteiger partial charge in [0.25, 0.3) is 0 Å². The van der Waals surface area contributed by atoms with Crippen LogP contribution in [0.15, 0.2) is 72.8 Å². The lowest BCUT2D eigenvalue weighted by Crippen LogP contribution is -1.97. The fraction of sp³-hybridized carbons (Fsp3) is 0.0417. The molecule has 0 aliphatic carbocycles. The lowest BCUT2D eigenvalue weighted by atomic mass is 10.0. The Labute approximate surface area is 177 Å². The van der Waals surface area contributed by atoms with Gasteiger partial charge in [-0.25, -0.2) is 0 Å². The second-order valence-corrected chi connectivity index (χ2v) is 7.66. The number of benzene rings is 3. The Morgan fingerprint density at radius 1 is 0.900 bits per heavy atom. The van der Waals surface area contributed by atoms with E-state index in [0.29, 0.717) is 10.5 Å². The fourth-order valence-corrected chi connectivity index (χ4v) is 3.88. The van der Waals surface area contributed by atoms with Crippen LogP contribution in [0.25, 0.3) is 39.1 Å². The van der Waals surface area contributed by atoms with Crippen LogP contribution in [0.3, 0.4) is 0 Å². The summed E-state index contributed by atoms with van der Waals surface area (Å²) >= 11 is 6.07. The van der Waals surface area contributed by atoms with Crippen LogP contribution in [0.1, 0.15) is 5.56 Å². The van der Waals surface area contributed by atoms with Crippen LogP contribution in [-0.2, 0) is 0 Å². The Morgan fingerprint density at radius 3 is 2.33 bits per heavy atom. The van der Waals surface area contributed by atoms with Gasteiger partial charge in [-0.05, 0) is 43.3 Å². The molecule has 2 heterocycles. The molecule has 148 valence electrons. The van der Waals surface area contributed by atoms with Crippen molar-refractivity contribution in [1.82, 2.24) is 14.8 Å². The van der Waals surface area contributed by atoms with Crippen molar-refractivity contribution in [3.8, 4) is 39.8 Å². The van der Waals surface area contributed by atoms with E-state index in [9.17, 15) is 10.2 Å². The van der Waals surface area contributed by atoms with Crippen LogP contribution in [-0.4, -0.2) is 25.0 Å². The average molecular weight is 416 g/mol. The zero-order valence-corrected chi connectivity index (χ0v) is 16.9. The number of aryl methyl sites for hydroxylation is 1. The van der Waals surface area contributed by atoms with Gasteiger partial charge < -0.3 is 10.2 Å². The van der Waals surface area contributed by atoms with Gasteiger partial charge in [-0.2, -0.15) is 5.10 Å². The van der Waals surface area contributed by atoms with Gasteiger partial charge in [0.2, 0.25) is 5.88 Å². The number of nitrogens with zero attached hydrogens (tertiary/aromatic N) is 2. The first-order valence-electron chi connectivity index (χ1n) is 9.47. The maximum absolute atomic E-state index is 11.1. The van der Waals surface area contributed by atoms with E-state index in [1.807, 2.05) is 49.4 Å². The minimum Gasteiger partial charge on any atom is -0.508 e. The van der Waals surface area contributed by atoms with Crippen LogP contribution in [0.5, 0.6) is 11.6 Å². The molecule has 3 aromatic carbocycles. The summed E-state index contributed by atoms with van der Waals surface area (Å²) in [7, 11) is 0. The maximum Gasteiger partial charge on any atom is 0.222 e. The monoisotopic (exact) mass is 415 g/mol. The Kier molecular flexibility index (Phi) is 4.26. The minimum absolute atomic E-state index is 0.0385. The summed E-state index contributed by atoms with van der Waals surface area (Å²) < 4.78 is 1.74. The smallest absolute Gasteiger partial charge is 0.222 e. The van der Waals surface area contributed by atoms with E-state index in [2.05, 4.69) is 10.2 Å². The molecule has 0 bridgehead atoms. The first kappa shape index (κ1) is 18.3. The normalized spacial score (nSPS) is 11.3. The lowest BCUT2D eigenvalue weighted by Gasteiger charge is -2.12. The molecule has 0 amide bonds. The molecular weight excluding hydrogens is 398 g/mol. The highest BCUT2D eigenvalue weighted by Gasteiger charge is 2.25. The predicted octanol–water partition coefficient (Wildman–Crippen LogP) is 6.06. The molecule has 5 nitrogen and oxygen atoms in total. The summed E-state index contributed by atoms with van der Waals surface area (Å²) in [4.78, 5) is 0. The fourth-order valence-electron chi connectivity index (χ4n) is 3.75. The molecule has 0 saturated heterocycles. The number of H-pyrrole nitrogens is 1. The molecule has 0 saturated carbocycles. The lowest BCUT2D eigenvalue weighted by molar-refractivity contribution is 0.447. The van der Waals surface area contributed by atoms with Crippen molar-refractivity contribution in [3.05, 3.63) is 83.4 Å². The van der Waals surface area contributed by atoms with Crippen LogP contribution in [0, 0.1) is 6.92 Å². The number of fused-ring (bicyclic) bond motifs is 1. The molecule has 3 N–H and O–H groups in total. The number of hydrogen-bond donors (Lipinski definition) is 3. The number of aromatic hydroxyl groups is 2. The average Bonchev–Trinajstić information content (AvgIpc) is 3.28. The highest BCUT2D eigenvalue weighted by Crippen LogP contribution is 2.44. The van der Waals surface area contributed by atoms with Crippen molar-refractivity contribution in [1.29, 1.82) is 0 Å². The van der Waals surface area contributed by atoms with E-state index in [1.165, 1.54) is 0 Å². The molecule has 6 heteroatoms. The van der Waals surface area contributed by atoms with Gasteiger partial charge in [0.05, 0.1) is 11.1 Å². The molecule has 0 radical (unpaired) electrons. The van der Waals surface area contributed by atoms with Gasteiger partial charge in [-0.1, -0.05) is 53.6 Å². The van der Waals surface area contributed by atoms with Gasteiger partial charge in [0, 0.05) is 21.8 Å². The molecular formula is C24H18ClN3O2.